The van der Waals surface area contributed by atoms with Crippen molar-refractivity contribution < 1.29 is 9.53 Å². The van der Waals surface area contributed by atoms with Gasteiger partial charge in [-0.1, -0.05) is 37.0 Å². The Morgan fingerprint density at radius 1 is 1.45 bits per heavy atom. The van der Waals surface area contributed by atoms with Gasteiger partial charge in [0.05, 0.1) is 5.02 Å². The van der Waals surface area contributed by atoms with E-state index < -0.39 is 0 Å². The lowest BCUT2D eigenvalue weighted by molar-refractivity contribution is -0.123. The Morgan fingerprint density at radius 2 is 2.20 bits per heavy atom. The van der Waals surface area contributed by atoms with Crippen molar-refractivity contribution in [2.75, 3.05) is 6.61 Å². The van der Waals surface area contributed by atoms with Crippen LogP contribution in [0, 0.1) is 5.41 Å². The molecule has 0 bridgehead atoms. The summed E-state index contributed by atoms with van der Waals surface area (Å²) in [5.74, 6) is 0.358. The third kappa shape index (κ3) is 4.29. The number of ether oxygens (including phenoxy) is 1. The van der Waals surface area contributed by atoms with Gasteiger partial charge in [0.1, 0.15) is 5.75 Å². The first-order valence-electron chi connectivity index (χ1n) is 6.73. The van der Waals surface area contributed by atoms with Crippen molar-refractivity contribution >= 4 is 29.1 Å². The van der Waals surface area contributed by atoms with Crippen LogP contribution in [0.3, 0.4) is 0 Å². The van der Waals surface area contributed by atoms with Crippen LogP contribution in [0.1, 0.15) is 33.1 Å². The van der Waals surface area contributed by atoms with Gasteiger partial charge in [-0.3, -0.25) is 4.79 Å². The Labute approximate surface area is 129 Å². The molecule has 1 unspecified atom stereocenters. The van der Waals surface area contributed by atoms with Gasteiger partial charge in [-0.2, -0.15) is 0 Å². The highest BCUT2D eigenvalue weighted by atomic mass is 35.5. The lowest BCUT2D eigenvalue weighted by Crippen LogP contribution is -2.36. The predicted octanol–water partition coefficient (Wildman–Crippen LogP) is 4.07. The SMILES string of the molecule is CC1(C)CCC(NC(=O)COc2ccc(Cl)cc2Cl)C1. The molecule has 3 nitrogen and oxygen atoms in total. The van der Waals surface area contributed by atoms with E-state index in [1.165, 1.54) is 0 Å². The standard InChI is InChI=1S/C15H19Cl2NO2/c1-15(2)6-5-11(8-15)18-14(19)9-20-13-4-3-10(16)7-12(13)17/h3-4,7,11H,5-6,8-9H2,1-2H3,(H,18,19). The Hall–Kier alpha value is -0.930. The molecule has 1 aliphatic rings. The van der Waals surface area contributed by atoms with Gasteiger partial charge in [0.2, 0.25) is 0 Å². The van der Waals surface area contributed by atoms with Gasteiger partial charge >= 0.3 is 0 Å². The zero-order valence-corrected chi connectivity index (χ0v) is 13.2. The molecule has 110 valence electrons. The second-order valence-electron chi connectivity index (χ2n) is 6.03. The van der Waals surface area contributed by atoms with Crippen molar-refractivity contribution in [1.82, 2.24) is 5.32 Å². The molecule has 0 aromatic heterocycles. The van der Waals surface area contributed by atoms with Crippen LogP contribution in [0.4, 0.5) is 0 Å². The minimum Gasteiger partial charge on any atom is -0.482 e. The summed E-state index contributed by atoms with van der Waals surface area (Å²) in [6.45, 7) is 4.42. The van der Waals surface area contributed by atoms with Crippen molar-refractivity contribution in [3.8, 4) is 5.75 Å². The molecule has 0 heterocycles. The second kappa shape index (κ2) is 6.23. The number of carbonyl (C=O) groups excluding carboxylic acids is 1. The minimum atomic E-state index is -0.112. The normalized spacial score (nSPS) is 20.7. The maximum Gasteiger partial charge on any atom is 0.258 e. The molecule has 1 amide bonds. The van der Waals surface area contributed by atoms with Gasteiger partial charge in [0.15, 0.2) is 6.61 Å². The van der Waals surface area contributed by atoms with E-state index in [1.54, 1.807) is 18.2 Å². The van der Waals surface area contributed by atoms with Gasteiger partial charge in [0.25, 0.3) is 5.91 Å². The molecule has 1 fully saturated rings. The highest BCUT2D eigenvalue weighted by molar-refractivity contribution is 6.35. The summed E-state index contributed by atoms with van der Waals surface area (Å²) in [6.07, 6.45) is 3.18. The molecule has 0 aliphatic heterocycles. The number of amides is 1. The van der Waals surface area contributed by atoms with Crippen LogP contribution in [-0.2, 0) is 4.79 Å². The van der Waals surface area contributed by atoms with Gasteiger partial charge in [-0.25, -0.2) is 0 Å². The first kappa shape index (κ1) is 15.5. The number of halogens is 2. The van der Waals surface area contributed by atoms with Crippen LogP contribution in [0.5, 0.6) is 5.75 Å². The van der Waals surface area contributed by atoms with E-state index in [9.17, 15) is 4.79 Å². The Kier molecular flexibility index (Phi) is 4.82. The van der Waals surface area contributed by atoms with E-state index in [4.69, 9.17) is 27.9 Å². The van der Waals surface area contributed by atoms with Crippen LogP contribution in [0.15, 0.2) is 18.2 Å². The molecule has 0 spiro atoms. The fourth-order valence-electron chi connectivity index (χ4n) is 2.56. The molecule has 0 saturated heterocycles. The number of rotatable bonds is 4. The summed E-state index contributed by atoms with van der Waals surface area (Å²) < 4.78 is 5.41. The topological polar surface area (TPSA) is 38.3 Å². The average molecular weight is 316 g/mol. The maximum absolute atomic E-state index is 11.9. The summed E-state index contributed by atoms with van der Waals surface area (Å²) in [5, 5.41) is 3.95. The summed E-state index contributed by atoms with van der Waals surface area (Å²) in [4.78, 5) is 11.9. The Morgan fingerprint density at radius 3 is 2.80 bits per heavy atom. The largest absolute Gasteiger partial charge is 0.482 e. The third-order valence-corrected chi connectivity index (χ3v) is 4.12. The summed E-state index contributed by atoms with van der Waals surface area (Å²) in [7, 11) is 0. The molecule has 1 saturated carbocycles. The highest BCUT2D eigenvalue weighted by Crippen LogP contribution is 2.36. The molecule has 1 aromatic rings. The lowest BCUT2D eigenvalue weighted by Gasteiger charge is -2.18. The van der Waals surface area contributed by atoms with E-state index >= 15 is 0 Å². The number of hydrogen-bond acceptors (Lipinski definition) is 2. The summed E-state index contributed by atoms with van der Waals surface area (Å²) in [6, 6.07) is 5.19. The molecular formula is C15H19Cl2NO2. The van der Waals surface area contributed by atoms with Crippen molar-refractivity contribution in [1.29, 1.82) is 0 Å². The zero-order chi connectivity index (χ0) is 14.8. The number of nitrogens with one attached hydrogen (secondary N) is 1. The monoisotopic (exact) mass is 315 g/mol. The van der Waals surface area contributed by atoms with Gasteiger partial charge in [-0.05, 0) is 42.9 Å². The molecule has 1 aliphatic carbocycles. The quantitative estimate of drug-likeness (QED) is 0.909. The molecule has 2 rings (SSSR count). The molecule has 0 radical (unpaired) electrons. The maximum atomic E-state index is 11.9. The fraction of sp³-hybridized carbons (Fsp3) is 0.533. The molecule has 1 aromatic carbocycles. The van der Waals surface area contributed by atoms with E-state index in [1.807, 2.05) is 0 Å². The van der Waals surface area contributed by atoms with Crippen LogP contribution in [0.25, 0.3) is 0 Å². The summed E-state index contributed by atoms with van der Waals surface area (Å²) >= 11 is 11.8. The fourth-order valence-corrected chi connectivity index (χ4v) is 3.03. The van der Waals surface area contributed by atoms with Crippen LogP contribution < -0.4 is 10.1 Å². The Balaban J connectivity index is 1.81. The molecule has 5 heteroatoms. The van der Waals surface area contributed by atoms with Crippen molar-refractivity contribution in [2.45, 2.75) is 39.2 Å². The Bertz CT molecular complexity index is 503. The molecule has 20 heavy (non-hydrogen) atoms. The number of carbonyl (C=O) groups is 1. The third-order valence-electron chi connectivity index (χ3n) is 3.59. The van der Waals surface area contributed by atoms with E-state index in [0.717, 1.165) is 19.3 Å². The molecular weight excluding hydrogens is 297 g/mol. The van der Waals surface area contributed by atoms with Crippen LogP contribution in [-0.4, -0.2) is 18.6 Å². The summed E-state index contributed by atoms with van der Waals surface area (Å²) in [5.41, 5.74) is 0.318. The average Bonchev–Trinajstić information content (AvgIpc) is 2.67. The van der Waals surface area contributed by atoms with Gasteiger partial charge in [-0.15, -0.1) is 0 Å². The number of benzene rings is 1. The van der Waals surface area contributed by atoms with E-state index in [-0.39, 0.29) is 18.6 Å². The van der Waals surface area contributed by atoms with Crippen molar-refractivity contribution in [2.24, 2.45) is 5.41 Å². The van der Waals surface area contributed by atoms with Crippen LogP contribution in [0.2, 0.25) is 10.0 Å². The zero-order valence-electron chi connectivity index (χ0n) is 11.7. The van der Waals surface area contributed by atoms with Crippen molar-refractivity contribution in [3.63, 3.8) is 0 Å². The molecule has 1 N–H and O–H groups in total. The van der Waals surface area contributed by atoms with Crippen molar-refractivity contribution in [3.05, 3.63) is 28.2 Å². The molecule has 1 atom stereocenters. The predicted molar refractivity (Wildman–Crippen MR) is 81.5 cm³/mol. The highest BCUT2D eigenvalue weighted by Gasteiger charge is 2.31. The minimum absolute atomic E-state index is 0.0295. The lowest BCUT2D eigenvalue weighted by atomic mass is 9.92. The van der Waals surface area contributed by atoms with Gasteiger partial charge < -0.3 is 10.1 Å². The first-order valence-corrected chi connectivity index (χ1v) is 7.48. The smallest absolute Gasteiger partial charge is 0.258 e. The van der Waals surface area contributed by atoms with E-state index in [2.05, 4.69) is 19.2 Å². The second-order valence-corrected chi connectivity index (χ2v) is 6.88. The number of hydrogen-bond donors (Lipinski definition) is 1. The van der Waals surface area contributed by atoms with E-state index in [0.29, 0.717) is 21.2 Å². The van der Waals surface area contributed by atoms with Crippen LogP contribution >= 0.6 is 23.2 Å². The first-order chi connectivity index (χ1) is 9.35. The van der Waals surface area contributed by atoms with Gasteiger partial charge in [0, 0.05) is 11.1 Å².